The Kier molecular flexibility index (Phi) is 7.85. The van der Waals surface area contributed by atoms with Crippen LogP contribution < -0.4 is 20.8 Å². The van der Waals surface area contributed by atoms with Gasteiger partial charge in [-0.25, -0.2) is 0 Å². The van der Waals surface area contributed by atoms with Crippen LogP contribution in [-0.4, -0.2) is 4.57 Å². The summed E-state index contributed by atoms with van der Waals surface area (Å²) in [6, 6.07) is 84.0. The average Bonchev–Trinajstić information content (AvgIpc) is 3.93. The number of fused-ring (bicyclic) bond motifs is 14. The highest BCUT2D eigenvalue weighted by Gasteiger charge is 2.55. The first-order chi connectivity index (χ1) is 32.6. The quantitative estimate of drug-likeness (QED) is 0.165. The van der Waals surface area contributed by atoms with Crippen LogP contribution in [0.25, 0.3) is 60.6 Å². The second-order valence-corrected chi connectivity index (χ2v) is 20.2. The summed E-state index contributed by atoms with van der Waals surface area (Å²) in [6.07, 6.45) is 0. The van der Waals surface area contributed by atoms with Crippen molar-refractivity contribution in [1.82, 2.24) is 4.57 Å². The number of benzene rings is 10. The van der Waals surface area contributed by atoms with Crippen LogP contribution >= 0.6 is 7.14 Å². The molecule has 2 aliphatic heterocycles. The molecule has 2 aromatic heterocycles. The minimum absolute atomic E-state index is 0.732. The zero-order valence-corrected chi connectivity index (χ0v) is 36.6. The van der Waals surface area contributed by atoms with E-state index in [2.05, 4.69) is 198 Å². The molecule has 2 atom stereocenters. The van der Waals surface area contributed by atoms with Crippen molar-refractivity contribution in [2.45, 2.75) is 5.41 Å². The molecule has 310 valence electrons. The number of hydrogen-bond donors (Lipinski definition) is 0. The Morgan fingerprint density at radius 2 is 0.985 bits per heavy atom. The van der Waals surface area contributed by atoms with E-state index in [4.69, 9.17) is 4.42 Å². The Labute approximate surface area is 381 Å². The van der Waals surface area contributed by atoms with Gasteiger partial charge in [0.05, 0.1) is 27.8 Å². The van der Waals surface area contributed by atoms with Gasteiger partial charge in [0.2, 0.25) is 0 Å². The molecule has 0 aliphatic carbocycles. The molecule has 4 nitrogen and oxygen atoms in total. The molecule has 14 rings (SSSR count). The van der Waals surface area contributed by atoms with Crippen molar-refractivity contribution >= 4 is 83.9 Å². The van der Waals surface area contributed by atoms with E-state index in [9.17, 15) is 0 Å². The molecule has 0 bridgehead atoms. The van der Waals surface area contributed by atoms with Gasteiger partial charge in [0.25, 0.3) is 0 Å². The maximum atomic E-state index is 16.8. The smallest absolute Gasteiger partial charge is 0.171 e. The van der Waals surface area contributed by atoms with Crippen LogP contribution in [0, 0.1) is 0 Å². The number of hydrogen-bond acceptors (Lipinski definition) is 3. The number of nitrogens with zero attached hydrogens (tertiary/aromatic N) is 2. The number of para-hydroxylation sites is 5. The highest BCUT2D eigenvalue weighted by atomic mass is 31.2. The van der Waals surface area contributed by atoms with Gasteiger partial charge in [-0.05, 0) is 106 Å². The fourth-order valence-electron chi connectivity index (χ4n) is 11.5. The van der Waals surface area contributed by atoms with E-state index < -0.39 is 12.6 Å². The maximum absolute atomic E-state index is 16.8. The van der Waals surface area contributed by atoms with Crippen LogP contribution in [0.3, 0.4) is 0 Å². The van der Waals surface area contributed by atoms with Crippen molar-refractivity contribution in [1.29, 1.82) is 0 Å². The van der Waals surface area contributed by atoms with E-state index in [0.717, 1.165) is 94.0 Å². The van der Waals surface area contributed by atoms with Gasteiger partial charge < -0.3 is 18.4 Å². The van der Waals surface area contributed by atoms with Gasteiger partial charge in [0.1, 0.15) is 11.2 Å². The van der Waals surface area contributed by atoms with Crippen LogP contribution in [-0.2, 0) is 9.98 Å². The fraction of sp³-hybridized carbons (Fsp3) is 0.0164. The van der Waals surface area contributed by atoms with Gasteiger partial charge in [-0.1, -0.05) is 164 Å². The molecule has 0 fully saturated rings. The molecular weight excluding hydrogens is 824 g/mol. The van der Waals surface area contributed by atoms with E-state index in [1.54, 1.807) is 0 Å². The van der Waals surface area contributed by atoms with Gasteiger partial charge >= 0.3 is 0 Å². The van der Waals surface area contributed by atoms with Crippen molar-refractivity contribution in [3.8, 4) is 16.8 Å². The monoisotopic (exact) mass is 862 g/mol. The minimum atomic E-state index is -3.48. The average molecular weight is 863 g/mol. The lowest BCUT2D eigenvalue weighted by Gasteiger charge is -2.50. The Morgan fingerprint density at radius 3 is 1.80 bits per heavy atom. The molecule has 0 N–H and O–H groups in total. The molecule has 0 amide bonds. The molecule has 10 aromatic carbocycles. The molecule has 0 radical (unpaired) electrons. The molecule has 0 saturated carbocycles. The standard InChI is InChI=1S/C61H39N2O2P/c64-66(44-22-8-3-9-23-44)59-31-17-13-27-51(59)61(52-38-48-46-25-11-16-30-57(46)65-58(48)39-60(52)66)49-26-12-15-29-55(49)63(43-20-6-2-7-21-43)56-37-41(32-34-50(56)61)40-33-35-54-47(36-40)45-24-10-14-28-53(45)62(54)42-18-4-1-5-19-42/h1-39H. The van der Waals surface area contributed by atoms with Crippen LogP contribution in [0.5, 0.6) is 0 Å². The Bertz CT molecular complexity index is 3980. The Morgan fingerprint density at radius 1 is 0.379 bits per heavy atom. The SMILES string of the molecule is O=P1(c2ccccc2)c2ccccc2C2(c3ccccc3N(c3ccccc3)c3cc(-c4ccc5c(c4)c4ccccc4n5-c4ccccc4)ccc32)c2cc3c(cc21)oc1ccccc13. The minimum Gasteiger partial charge on any atom is -0.456 e. The van der Waals surface area contributed by atoms with E-state index in [1.807, 2.05) is 48.5 Å². The molecule has 5 heteroatoms. The van der Waals surface area contributed by atoms with Crippen molar-refractivity contribution < 1.29 is 8.98 Å². The zero-order chi connectivity index (χ0) is 43.6. The highest BCUT2D eigenvalue weighted by molar-refractivity contribution is 7.85. The summed E-state index contributed by atoms with van der Waals surface area (Å²) in [5.41, 5.74) is 13.9. The summed E-state index contributed by atoms with van der Waals surface area (Å²) in [7, 11) is -3.48. The van der Waals surface area contributed by atoms with E-state index in [0.29, 0.717) is 0 Å². The number of rotatable bonds is 4. The summed E-state index contributed by atoms with van der Waals surface area (Å²) in [6.45, 7) is 0. The molecule has 2 unspecified atom stereocenters. The van der Waals surface area contributed by atoms with Crippen molar-refractivity contribution in [2.24, 2.45) is 0 Å². The van der Waals surface area contributed by atoms with E-state index in [1.165, 1.54) is 21.8 Å². The summed E-state index contributed by atoms with van der Waals surface area (Å²) >= 11 is 0. The van der Waals surface area contributed by atoms with Crippen LogP contribution in [0.15, 0.2) is 241 Å². The van der Waals surface area contributed by atoms with Crippen LogP contribution in [0.4, 0.5) is 17.1 Å². The number of anilines is 3. The molecular formula is C61H39N2O2P. The van der Waals surface area contributed by atoms with Gasteiger partial charge in [-0.2, -0.15) is 0 Å². The molecule has 1 spiro atoms. The van der Waals surface area contributed by atoms with Gasteiger partial charge in [0, 0.05) is 48.8 Å². The lowest BCUT2D eigenvalue weighted by atomic mass is 9.61. The first-order valence-electron chi connectivity index (χ1n) is 22.5. The van der Waals surface area contributed by atoms with E-state index in [-0.39, 0.29) is 0 Å². The largest absolute Gasteiger partial charge is 0.456 e. The zero-order valence-electron chi connectivity index (χ0n) is 35.7. The van der Waals surface area contributed by atoms with E-state index >= 15 is 4.57 Å². The Balaban J connectivity index is 1.10. The topological polar surface area (TPSA) is 38.4 Å². The van der Waals surface area contributed by atoms with Crippen LogP contribution in [0.1, 0.15) is 22.3 Å². The molecule has 4 heterocycles. The maximum Gasteiger partial charge on any atom is 0.171 e. The summed E-state index contributed by atoms with van der Waals surface area (Å²) in [5.74, 6) is 0. The van der Waals surface area contributed by atoms with Gasteiger partial charge in [0.15, 0.2) is 7.14 Å². The lowest BCUT2D eigenvalue weighted by Crippen LogP contribution is -2.49. The van der Waals surface area contributed by atoms with Crippen molar-refractivity contribution in [3.63, 3.8) is 0 Å². The predicted octanol–water partition coefficient (Wildman–Crippen LogP) is 14.5. The third kappa shape index (κ3) is 4.97. The lowest BCUT2D eigenvalue weighted by molar-refractivity contribution is 0.590. The van der Waals surface area contributed by atoms with Gasteiger partial charge in [-0.15, -0.1) is 0 Å². The molecule has 12 aromatic rings. The number of furan rings is 1. The summed E-state index contributed by atoms with van der Waals surface area (Å²) in [5, 5.41) is 6.91. The van der Waals surface area contributed by atoms with Gasteiger partial charge in [-0.3, -0.25) is 0 Å². The first-order valence-corrected chi connectivity index (χ1v) is 24.2. The predicted molar refractivity (Wildman–Crippen MR) is 273 cm³/mol. The van der Waals surface area contributed by atoms with Crippen molar-refractivity contribution in [3.05, 3.63) is 259 Å². The Hall–Kier alpha value is -8.17. The molecule has 0 saturated heterocycles. The third-order valence-electron chi connectivity index (χ3n) is 14.2. The normalized spacial score (nSPS) is 17.2. The molecule has 66 heavy (non-hydrogen) atoms. The highest BCUT2D eigenvalue weighted by Crippen LogP contribution is 2.63. The molecule has 2 aliphatic rings. The second kappa shape index (κ2) is 13.9. The summed E-state index contributed by atoms with van der Waals surface area (Å²) in [4.78, 5) is 2.43. The second-order valence-electron chi connectivity index (χ2n) is 17.5. The first kappa shape index (κ1) is 37.2. The fourth-order valence-corrected chi connectivity index (χ4v) is 14.7. The van der Waals surface area contributed by atoms with Crippen molar-refractivity contribution in [2.75, 3.05) is 4.90 Å². The third-order valence-corrected chi connectivity index (χ3v) is 17.4. The number of aromatic nitrogens is 1. The van der Waals surface area contributed by atoms with Crippen LogP contribution in [0.2, 0.25) is 0 Å². The summed E-state index contributed by atoms with van der Waals surface area (Å²) < 4.78 is 25.8.